The summed E-state index contributed by atoms with van der Waals surface area (Å²) in [6.07, 6.45) is 5.71. The average molecular weight is 196 g/mol. The number of hydrogen-bond acceptors (Lipinski definition) is 1. The highest BCUT2D eigenvalue weighted by atomic mass is 15.2. The second kappa shape index (κ2) is 2.98. The molecule has 2 heterocycles. The highest BCUT2D eigenvalue weighted by Gasteiger charge is 2.04. The van der Waals surface area contributed by atoms with Gasteiger partial charge in [0.1, 0.15) is 5.82 Å². The monoisotopic (exact) mass is 196 g/mol. The molecule has 3 heteroatoms. The van der Waals surface area contributed by atoms with Crippen molar-refractivity contribution < 1.29 is 0 Å². The van der Waals surface area contributed by atoms with Gasteiger partial charge in [0.15, 0.2) is 0 Å². The predicted molar refractivity (Wildman–Crippen MR) is 58.9 cm³/mol. The summed E-state index contributed by atoms with van der Waals surface area (Å²) in [5.41, 5.74) is 1.18. The van der Waals surface area contributed by atoms with Crippen molar-refractivity contribution in [2.45, 2.75) is 0 Å². The highest BCUT2D eigenvalue weighted by Crippen LogP contribution is 2.18. The van der Waals surface area contributed by atoms with Crippen molar-refractivity contribution >= 4 is 10.9 Å². The van der Waals surface area contributed by atoms with Crippen molar-refractivity contribution in [2.75, 3.05) is 0 Å². The van der Waals surface area contributed by atoms with Gasteiger partial charge >= 0.3 is 0 Å². The molecule has 1 aromatic carbocycles. The van der Waals surface area contributed by atoms with Gasteiger partial charge in [0.2, 0.25) is 0 Å². The van der Waals surface area contributed by atoms with E-state index >= 15 is 0 Å². The zero-order valence-corrected chi connectivity index (χ0v) is 8.38. The molecule has 0 unspecified atom stereocenters. The Morgan fingerprint density at radius 1 is 1.33 bits per heavy atom. The number of rotatable bonds is 1. The third-order valence-electron chi connectivity index (χ3n) is 2.57. The standard InChI is InChI=1S/C12H10N3/c1-14-9-13-8-12(14)15-7-6-10-4-2-3-5-11(10)15/h3-9H,1H3. The number of aromatic nitrogens is 3. The molecular formula is C12H10N3. The van der Waals surface area contributed by atoms with Crippen molar-refractivity contribution in [3.8, 4) is 5.82 Å². The van der Waals surface area contributed by atoms with E-state index in [2.05, 4.69) is 33.9 Å². The van der Waals surface area contributed by atoms with Crippen LogP contribution in [-0.4, -0.2) is 14.1 Å². The van der Waals surface area contributed by atoms with Crippen LogP contribution in [0.25, 0.3) is 16.7 Å². The average Bonchev–Trinajstić information content (AvgIpc) is 2.83. The van der Waals surface area contributed by atoms with E-state index in [0.29, 0.717) is 0 Å². The zero-order chi connectivity index (χ0) is 10.3. The van der Waals surface area contributed by atoms with Crippen LogP contribution < -0.4 is 0 Å². The lowest BCUT2D eigenvalue weighted by molar-refractivity contribution is 0.853. The van der Waals surface area contributed by atoms with Gasteiger partial charge in [-0.1, -0.05) is 6.07 Å². The number of nitrogens with zero attached hydrogens (tertiary/aromatic N) is 3. The largest absolute Gasteiger partial charge is 0.320 e. The number of benzene rings is 1. The maximum Gasteiger partial charge on any atom is 0.136 e. The summed E-state index contributed by atoms with van der Waals surface area (Å²) in [7, 11) is 1.99. The van der Waals surface area contributed by atoms with Crippen LogP contribution >= 0.6 is 0 Å². The lowest BCUT2D eigenvalue weighted by Gasteiger charge is -2.04. The van der Waals surface area contributed by atoms with Gasteiger partial charge in [-0.25, -0.2) is 4.98 Å². The summed E-state index contributed by atoms with van der Waals surface area (Å²) < 4.78 is 4.12. The van der Waals surface area contributed by atoms with Crippen LogP contribution in [0.3, 0.4) is 0 Å². The molecule has 0 spiro atoms. The first-order valence-electron chi connectivity index (χ1n) is 4.80. The molecule has 0 atom stereocenters. The second-order valence-electron chi connectivity index (χ2n) is 3.53. The van der Waals surface area contributed by atoms with Crippen LogP contribution in [-0.2, 0) is 7.05 Å². The van der Waals surface area contributed by atoms with Crippen LogP contribution in [0.2, 0.25) is 0 Å². The molecule has 0 N–H and O–H groups in total. The minimum atomic E-state index is 1.07. The summed E-state index contributed by atoms with van der Waals surface area (Å²) in [6, 6.07) is 11.1. The van der Waals surface area contributed by atoms with E-state index in [4.69, 9.17) is 0 Å². The maximum atomic E-state index is 4.12. The normalized spacial score (nSPS) is 11.0. The molecule has 3 aromatic rings. The Balaban J connectivity index is 2.32. The molecule has 3 nitrogen and oxygen atoms in total. The first-order chi connectivity index (χ1) is 7.36. The maximum absolute atomic E-state index is 4.12. The van der Waals surface area contributed by atoms with Crippen LogP contribution in [0.15, 0.2) is 43.0 Å². The summed E-state index contributed by atoms with van der Waals surface area (Å²) in [4.78, 5) is 4.12. The minimum Gasteiger partial charge on any atom is -0.320 e. The fourth-order valence-electron chi connectivity index (χ4n) is 1.81. The molecule has 3 rings (SSSR count). The SMILES string of the molecule is Cn1cncc1-n1ccc2c[c]ccc21. The van der Waals surface area contributed by atoms with Gasteiger partial charge in [-0.05, 0) is 24.3 Å². The summed E-state index contributed by atoms with van der Waals surface area (Å²) in [5.74, 6) is 1.07. The molecule has 73 valence electrons. The first-order valence-corrected chi connectivity index (χ1v) is 4.80. The fourth-order valence-corrected chi connectivity index (χ4v) is 1.81. The molecule has 1 radical (unpaired) electrons. The topological polar surface area (TPSA) is 22.8 Å². The quantitative estimate of drug-likeness (QED) is 0.584. The Morgan fingerprint density at radius 2 is 2.27 bits per heavy atom. The number of aryl methyl sites for hydroxylation is 1. The number of imidazole rings is 1. The number of fused-ring (bicyclic) bond motifs is 1. The zero-order valence-electron chi connectivity index (χ0n) is 8.38. The summed E-state index contributed by atoms with van der Waals surface area (Å²) in [6.45, 7) is 0. The Kier molecular flexibility index (Phi) is 1.65. The van der Waals surface area contributed by atoms with Gasteiger partial charge in [0.25, 0.3) is 0 Å². The van der Waals surface area contributed by atoms with Gasteiger partial charge in [0, 0.05) is 18.6 Å². The van der Waals surface area contributed by atoms with E-state index in [9.17, 15) is 0 Å². The fraction of sp³-hybridized carbons (Fsp3) is 0.0833. The first kappa shape index (κ1) is 8.29. The lowest BCUT2D eigenvalue weighted by Crippen LogP contribution is -1.98. The van der Waals surface area contributed by atoms with Crippen molar-refractivity contribution in [1.29, 1.82) is 0 Å². The number of hydrogen-bond donors (Lipinski definition) is 0. The van der Waals surface area contributed by atoms with Crippen LogP contribution in [0.4, 0.5) is 0 Å². The molecular weight excluding hydrogens is 186 g/mol. The van der Waals surface area contributed by atoms with Crippen LogP contribution in [0.5, 0.6) is 0 Å². The Bertz CT molecular complexity index is 604. The van der Waals surface area contributed by atoms with Crippen molar-refractivity contribution in [3.05, 3.63) is 49.1 Å². The van der Waals surface area contributed by atoms with Gasteiger partial charge in [0.05, 0.1) is 18.0 Å². The summed E-state index contributed by atoms with van der Waals surface area (Å²) in [5, 5.41) is 1.19. The van der Waals surface area contributed by atoms with Gasteiger partial charge in [-0.3, -0.25) is 0 Å². The third kappa shape index (κ3) is 1.16. The molecule has 0 aliphatic heterocycles. The highest BCUT2D eigenvalue weighted by molar-refractivity contribution is 5.81. The smallest absolute Gasteiger partial charge is 0.136 e. The van der Waals surface area contributed by atoms with Crippen molar-refractivity contribution in [1.82, 2.24) is 14.1 Å². The Morgan fingerprint density at radius 3 is 3.07 bits per heavy atom. The molecule has 0 fully saturated rings. The molecule has 0 saturated carbocycles. The van der Waals surface area contributed by atoms with E-state index in [-0.39, 0.29) is 0 Å². The summed E-state index contributed by atoms with van der Waals surface area (Å²) >= 11 is 0. The van der Waals surface area contributed by atoms with Crippen LogP contribution in [0, 0.1) is 6.07 Å². The second-order valence-corrected chi connectivity index (χ2v) is 3.53. The third-order valence-corrected chi connectivity index (χ3v) is 2.57. The van der Waals surface area contributed by atoms with Gasteiger partial charge in [-0.15, -0.1) is 0 Å². The van der Waals surface area contributed by atoms with Gasteiger partial charge in [-0.2, -0.15) is 0 Å². The molecule has 0 saturated heterocycles. The molecule has 2 aromatic heterocycles. The molecule has 0 aliphatic carbocycles. The predicted octanol–water partition coefficient (Wildman–Crippen LogP) is 2.16. The van der Waals surface area contributed by atoms with Gasteiger partial charge < -0.3 is 9.13 Å². The Hall–Kier alpha value is -2.03. The van der Waals surface area contributed by atoms with Crippen molar-refractivity contribution in [3.63, 3.8) is 0 Å². The molecule has 15 heavy (non-hydrogen) atoms. The lowest BCUT2D eigenvalue weighted by atomic mass is 10.2. The molecule has 0 amide bonds. The van der Waals surface area contributed by atoms with E-state index < -0.39 is 0 Å². The Labute approximate surface area is 87.6 Å². The van der Waals surface area contributed by atoms with Crippen molar-refractivity contribution in [2.24, 2.45) is 7.05 Å². The minimum absolute atomic E-state index is 1.07. The molecule has 0 bridgehead atoms. The van der Waals surface area contributed by atoms with E-state index in [1.54, 1.807) is 6.33 Å². The van der Waals surface area contributed by atoms with E-state index in [1.165, 1.54) is 10.9 Å². The van der Waals surface area contributed by atoms with E-state index in [1.807, 2.05) is 29.9 Å². The molecule has 0 aliphatic rings. The van der Waals surface area contributed by atoms with E-state index in [0.717, 1.165) is 5.82 Å². The van der Waals surface area contributed by atoms with Crippen LogP contribution in [0.1, 0.15) is 0 Å².